The molecule has 65 heavy (non-hydrogen) atoms. The summed E-state index contributed by atoms with van der Waals surface area (Å²) in [5.74, 6) is 3.10. The third-order valence-electron chi connectivity index (χ3n) is 13.1. The van der Waals surface area contributed by atoms with E-state index in [0.717, 1.165) is 134 Å². The number of rotatable bonds is 9. The Morgan fingerprint density at radius 1 is 0.354 bits per heavy atom. The molecule has 8 bridgehead atoms. The molecule has 1 aliphatic heterocycles. The van der Waals surface area contributed by atoms with Crippen molar-refractivity contribution in [3.63, 3.8) is 0 Å². The van der Waals surface area contributed by atoms with Crippen LogP contribution in [-0.2, 0) is 0 Å². The van der Waals surface area contributed by atoms with E-state index in [1.807, 2.05) is 48.5 Å². The Balaban J connectivity index is 1.48. The van der Waals surface area contributed by atoms with E-state index >= 15 is 0 Å². The second-order valence-corrected chi connectivity index (χ2v) is 16.5. The largest absolute Gasteiger partial charge is 0.497 e. The molecular weight excluding hydrogens is 805 g/mol. The number of hydrogen-bond donors (Lipinski definition) is 3. The van der Waals surface area contributed by atoms with Gasteiger partial charge in [0.25, 0.3) is 0 Å². The van der Waals surface area contributed by atoms with Gasteiger partial charge in [-0.1, -0.05) is 78.9 Å². The zero-order valence-electron chi connectivity index (χ0n) is 37.9. The molecule has 0 unspecified atom stereocenters. The fraction of sp³-hybridized carbons (Fsp3) is 0.140. The first-order valence-electron chi connectivity index (χ1n) is 21.7. The highest BCUT2D eigenvalue weighted by atomic mass is 16.5. The number of hydrogen-bond acceptors (Lipinski definition) is 5. The number of H-pyrrole nitrogens is 3. The van der Waals surface area contributed by atoms with E-state index < -0.39 is 0 Å². The SMILES string of the molecule is COc1ccc(C2=C(c3ccc(OC)cc3)c3nc2cc2[nH]c(c(C)c2C)c(-c2ccccc2)c2[nH]c(cc4[nH]c3c(-c3ccc(OC)cc3)c4-c3ccc(OC)cc3)c(C)c2C)cc1. The highest BCUT2D eigenvalue weighted by Crippen LogP contribution is 2.48. The van der Waals surface area contributed by atoms with Crippen LogP contribution >= 0.6 is 0 Å². The number of nitrogens with zero attached hydrogens (tertiary/aromatic N) is 1. The molecule has 4 aromatic heterocycles. The van der Waals surface area contributed by atoms with Crippen molar-refractivity contribution in [2.75, 3.05) is 28.4 Å². The van der Waals surface area contributed by atoms with Crippen molar-refractivity contribution >= 4 is 44.2 Å². The number of nitrogens with one attached hydrogen (secondary N) is 3. The van der Waals surface area contributed by atoms with Crippen LogP contribution in [0.4, 0.5) is 0 Å². The lowest BCUT2D eigenvalue weighted by Crippen LogP contribution is -1.93. The maximum Gasteiger partial charge on any atom is 0.118 e. The van der Waals surface area contributed by atoms with Gasteiger partial charge in [0.1, 0.15) is 23.0 Å². The lowest BCUT2D eigenvalue weighted by Gasteiger charge is -2.12. The smallest absolute Gasteiger partial charge is 0.118 e. The van der Waals surface area contributed by atoms with Crippen molar-refractivity contribution in [2.24, 2.45) is 0 Å². The number of aromatic nitrogens is 4. The zero-order valence-corrected chi connectivity index (χ0v) is 37.9. The molecule has 0 saturated heterocycles. The van der Waals surface area contributed by atoms with Crippen LogP contribution in [0.2, 0.25) is 0 Å². The average Bonchev–Trinajstić information content (AvgIpc) is 4.07. The van der Waals surface area contributed by atoms with Crippen LogP contribution in [0, 0.1) is 27.7 Å². The molecule has 3 N–H and O–H groups in total. The second-order valence-electron chi connectivity index (χ2n) is 16.5. The van der Waals surface area contributed by atoms with Crippen molar-refractivity contribution in [1.29, 1.82) is 0 Å². The van der Waals surface area contributed by atoms with Gasteiger partial charge >= 0.3 is 0 Å². The summed E-state index contributed by atoms with van der Waals surface area (Å²) in [5.41, 5.74) is 22.4. The van der Waals surface area contributed by atoms with E-state index in [0.29, 0.717) is 0 Å². The Labute approximate surface area is 378 Å². The third-order valence-corrected chi connectivity index (χ3v) is 13.1. The summed E-state index contributed by atoms with van der Waals surface area (Å²) in [6.07, 6.45) is 0. The van der Waals surface area contributed by atoms with Crippen LogP contribution < -0.4 is 18.9 Å². The van der Waals surface area contributed by atoms with E-state index in [2.05, 4.69) is 134 Å². The minimum atomic E-state index is 0.769. The molecule has 0 spiro atoms. The molecule has 1 aliphatic rings. The van der Waals surface area contributed by atoms with Crippen LogP contribution in [0.15, 0.2) is 140 Å². The summed E-state index contributed by atoms with van der Waals surface area (Å²) < 4.78 is 22.7. The Hall–Kier alpha value is -7.97. The first kappa shape index (κ1) is 41.1. The quantitative estimate of drug-likeness (QED) is 0.134. The van der Waals surface area contributed by atoms with Gasteiger partial charge in [-0.25, -0.2) is 4.98 Å². The molecular formula is C57H50N4O4. The normalized spacial score (nSPS) is 11.9. The highest BCUT2D eigenvalue weighted by molar-refractivity contribution is 6.14. The standard InChI is InChI=1S/C57H50N4O4/c1-32-34(3)54-53(36-12-10-9-11-13-36)55-35(4)33(2)46(59-55)31-48-50(38-16-24-42(63-6)25-17-38)52(40-20-28-44(65-8)29-21-40)57(61-48)56-51(39-18-26-43(64-7)27-19-39)49(47(60-56)30-45(32)58-54)37-14-22-41(62-5)23-15-37/h9-31,58-60H,1-8H3. The summed E-state index contributed by atoms with van der Waals surface area (Å²) in [6.45, 7) is 8.82. The molecule has 0 fully saturated rings. The number of methoxy groups -OCH3 is 4. The summed E-state index contributed by atoms with van der Waals surface area (Å²) in [5, 5.41) is 0. The molecule has 0 amide bonds. The van der Waals surface area contributed by atoms with Gasteiger partial charge in [0.2, 0.25) is 0 Å². The molecule has 0 radical (unpaired) electrons. The molecule has 0 aliphatic carbocycles. The molecule has 10 rings (SSSR count). The van der Waals surface area contributed by atoms with Crippen LogP contribution in [0.25, 0.3) is 77.6 Å². The fourth-order valence-electron chi connectivity index (χ4n) is 9.27. The van der Waals surface area contributed by atoms with Crippen molar-refractivity contribution in [1.82, 2.24) is 19.9 Å². The highest BCUT2D eigenvalue weighted by Gasteiger charge is 2.29. The average molecular weight is 855 g/mol. The molecule has 5 aromatic carbocycles. The van der Waals surface area contributed by atoms with E-state index in [1.165, 1.54) is 11.1 Å². The third kappa shape index (κ3) is 7.08. The monoisotopic (exact) mass is 854 g/mol. The molecule has 9 aromatic rings. The lowest BCUT2D eigenvalue weighted by atomic mass is 9.90. The Kier molecular flexibility index (Phi) is 10.5. The summed E-state index contributed by atoms with van der Waals surface area (Å²) >= 11 is 0. The van der Waals surface area contributed by atoms with Gasteiger partial charge in [-0.15, -0.1) is 0 Å². The van der Waals surface area contributed by atoms with E-state index in [4.69, 9.17) is 23.9 Å². The van der Waals surface area contributed by atoms with Gasteiger partial charge in [0.15, 0.2) is 0 Å². The van der Waals surface area contributed by atoms with Gasteiger partial charge in [-0.05, 0) is 138 Å². The van der Waals surface area contributed by atoms with Gasteiger partial charge in [-0.3, -0.25) is 0 Å². The lowest BCUT2D eigenvalue weighted by molar-refractivity contribution is 0.414. The minimum Gasteiger partial charge on any atom is -0.497 e. The van der Waals surface area contributed by atoms with Gasteiger partial charge in [0.05, 0.1) is 56.4 Å². The van der Waals surface area contributed by atoms with E-state index in [1.54, 1.807) is 28.4 Å². The summed E-state index contributed by atoms with van der Waals surface area (Å²) in [7, 11) is 6.78. The Morgan fingerprint density at radius 2 is 0.754 bits per heavy atom. The second kappa shape index (κ2) is 16.6. The zero-order chi connectivity index (χ0) is 44.9. The molecule has 0 saturated carbocycles. The molecule has 8 nitrogen and oxygen atoms in total. The van der Waals surface area contributed by atoms with Gasteiger partial charge in [-0.2, -0.15) is 0 Å². The Morgan fingerprint density at radius 3 is 1.23 bits per heavy atom. The van der Waals surface area contributed by atoms with Gasteiger partial charge < -0.3 is 33.9 Å². The molecule has 8 heteroatoms. The van der Waals surface area contributed by atoms with Crippen LogP contribution in [0.5, 0.6) is 23.0 Å². The van der Waals surface area contributed by atoms with Crippen LogP contribution in [-0.4, -0.2) is 48.4 Å². The first-order valence-corrected chi connectivity index (χ1v) is 21.7. The summed E-state index contributed by atoms with van der Waals surface area (Å²) in [6, 6.07) is 48.3. The Bertz CT molecular complexity index is 3410. The maximum atomic E-state index is 5.77. The minimum absolute atomic E-state index is 0.769. The van der Waals surface area contributed by atoms with Crippen molar-refractivity contribution < 1.29 is 18.9 Å². The van der Waals surface area contributed by atoms with Crippen molar-refractivity contribution in [3.05, 3.63) is 184 Å². The number of fused-ring (bicyclic) bond motifs is 9. The number of aryl methyl sites for hydroxylation is 4. The van der Waals surface area contributed by atoms with E-state index in [-0.39, 0.29) is 0 Å². The molecule has 0 atom stereocenters. The molecule has 5 heterocycles. The fourth-order valence-corrected chi connectivity index (χ4v) is 9.27. The van der Waals surface area contributed by atoms with Crippen LogP contribution in [0.1, 0.15) is 44.8 Å². The number of aromatic amines is 3. The number of benzene rings is 5. The van der Waals surface area contributed by atoms with Crippen LogP contribution in [0.3, 0.4) is 0 Å². The van der Waals surface area contributed by atoms with Crippen molar-refractivity contribution in [3.8, 4) is 56.4 Å². The predicted molar refractivity (Wildman–Crippen MR) is 266 cm³/mol. The number of ether oxygens (including phenoxy) is 4. The van der Waals surface area contributed by atoms with Crippen molar-refractivity contribution in [2.45, 2.75) is 27.7 Å². The topological polar surface area (TPSA) is 97.2 Å². The maximum absolute atomic E-state index is 5.77. The summed E-state index contributed by atoms with van der Waals surface area (Å²) in [4.78, 5) is 17.7. The molecule has 322 valence electrons. The predicted octanol–water partition coefficient (Wildman–Crippen LogP) is 13.8. The van der Waals surface area contributed by atoms with E-state index in [9.17, 15) is 0 Å². The van der Waals surface area contributed by atoms with Gasteiger partial charge in [0, 0.05) is 44.4 Å². The first-order chi connectivity index (χ1) is 31.7.